The third kappa shape index (κ3) is 5.18. The molecular weight excluding hydrogens is 424 g/mol. The lowest BCUT2D eigenvalue weighted by Gasteiger charge is -2.20. The van der Waals surface area contributed by atoms with Gasteiger partial charge in [0.15, 0.2) is 0 Å². The Bertz CT molecular complexity index is 1240. The van der Waals surface area contributed by atoms with E-state index in [1.807, 2.05) is 103 Å². The van der Waals surface area contributed by atoms with Crippen LogP contribution in [-0.2, 0) is 11.3 Å². The Morgan fingerprint density at radius 1 is 0.941 bits per heavy atom. The third-order valence-electron chi connectivity index (χ3n) is 5.76. The molecule has 6 nitrogen and oxygen atoms in total. The fourth-order valence-electron chi connectivity index (χ4n) is 4.02. The smallest absolute Gasteiger partial charge is 0.246 e. The molecule has 0 radical (unpaired) electrons. The Balaban J connectivity index is 1.58. The molecule has 0 bridgehead atoms. The third-order valence-corrected chi connectivity index (χ3v) is 5.76. The van der Waals surface area contributed by atoms with Crippen LogP contribution in [0.1, 0.15) is 35.5 Å². The Morgan fingerprint density at radius 2 is 1.59 bits per heavy atom. The predicted octanol–water partition coefficient (Wildman–Crippen LogP) is 5.36. The number of aryl methyl sites for hydroxylation is 1. The van der Waals surface area contributed by atoms with Crippen molar-refractivity contribution in [3.05, 3.63) is 107 Å². The highest BCUT2D eigenvalue weighted by molar-refractivity contribution is 5.96. The summed E-state index contributed by atoms with van der Waals surface area (Å²) >= 11 is 0. The highest BCUT2D eigenvalue weighted by Gasteiger charge is 2.23. The predicted molar refractivity (Wildman–Crippen MR) is 135 cm³/mol. The van der Waals surface area contributed by atoms with E-state index in [1.165, 1.54) is 0 Å². The number of benzene rings is 3. The molecule has 1 heterocycles. The van der Waals surface area contributed by atoms with E-state index >= 15 is 0 Å². The zero-order valence-corrected chi connectivity index (χ0v) is 19.8. The van der Waals surface area contributed by atoms with Crippen LogP contribution in [0.4, 0.5) is 5.69 Å². The number of aromatic nitrogens is 2. The number of rotatable bonds is 9. The van der Waals surface area contributed by atoms with E-state index in [-0.39, 0.29) is 5.91 Å². The van der Waals surface area contributed by atoms with Gasteiger partial charge in [0, 0.05) is 17.8 Å². The van der Waals surface area contributed by atoms with Crippen molar-refractivity contribution in [2.24, 2.45) is 0 Å². The van der Waals surface area contributed by atoms with Crippen LogP contribution in [0, 0.1) is 13.8 Å². The average Bonchev–Trinajstić information content (AvgIpc) is 3.15. The fraction of sp³-hybridized carbons (Fsp3) is 0.214. The van der Waals surface area contributed by atoms with Crippen LogP contribution < -0.4 is 15.4 Å². The van der Waals surface area contributed by atoms with Gasteiger partial charge >= 0.3 is 0 Å². The monoisotopic (exact) mass is 454 g/mol. The van der Waals surface area contributed by atoms with Crippen molar-refractivity contribution < 1.29 is 9.53 Å². The minimum absolute atomic E-state index is 0.149. The number of carbonyl (C=O) groups excluding carboxylic acids is 1. The molecule has 174 valence electrons. The number of ether oxygens (including phenoxy) is 1. The lowest BCUT2D eigenvalue weighted by atomic mass is 10.0. The van der Waals surface area contributed by atoms with Gasteiger partial charge in [-0.25, -0.2) is 4.68 Å². The molecule has 6 heteroatoms. The van der Waals surface area contributed by atoms with Gasteiger partial charge in [-0.2, -0.15) is 5.10 Å². The van der Waals surface area contributed by atoms with E-state index in [9.17, 15) is 4.79 Å². The van der Waals surface area contributed by atoms with Crippen molar-refractivity contribution in [2.45, 2.75) is 33.4 Å². The summed E-state index contributed by atoms with van der Waals surface area (Å²) in [7, 11) is 0. The first kappa shape index (κ1) is 23.3. The van der Waals surface area contributed by atoms with Crippen molar-refractivity contribution in [1.82, 2.24) is 15.1 Å². The fourth-order valence-corrected chi connectivity index (χ4v) is 4.02. The maximum absolute atomic E-state index is 13.4. The van der Waals surface area contributed by atoms with Crippen molar-refractivity contribution in [2.75, 3.05) is 11.9 Å². The normalized spacial score (nSPS) is 11.7. The summed E-state index contributed by atoms with van der Waals surface area (Å²) in [6.07, 6.45) is 0. The van der Waals surface area contributed by atoms with Gasteiger partial charge in [0.1, 0.15) is 11.8 Å². The number of para-hydroxylation sites is 3. The van der Waals surface area contributed by atoms with E-state index in [2.05, 4.69) is 17.6 Å². The molecule has 0 saturated carbocycles. The van der Waals surface area contributed by atoms with Gasteiger partial charge in [-0.05, 0) is 50.6 Å². The minimum Gasteiger partial charge on any atom is -0.492 e. The highest BCUT2D eigenvalue weighted by Crippen LogP contribution is 2.26. The molecule has 0 saturated heterocycles. The van der Waals surface area contributed by atoms with Gasteiger partial charge < -0.3 is 10.1 Å². The first-order valence-electron chi connectivity index (χ1n) is 11.5. The summed E-state index contributed by atoms with van der Waals surface area (Å²) in [4.78, 5) is 13.4. The molecule has 1 amide bonds. The molecule has 0 aliphatic rings. The lowest BCUT2D eigenvalue weighted by molar-refractivity contribution is -0.118. The summed E-state index contributed by atoms with van der Waals surface area (Å²) in [6.45, 7) is 7.01. The van der Waals surface area contributed by atoms with E-state index in [4.69, 9.17) is 9.84 Å². The lowest BCUT2D eigenvalue weighted by Crippen LogP contribution is -2.33. The Hall–Kier alpha value is -3.90. The number of nitrogens with zero attached hydrogens (tertiary/aromatic N) is 2. The van der Waals surface area contributed by atoms with E-state index < -0.39 is 6.04 Å². The SMILES string of the molecule is CCOc1ccccc1NC(=O)[C@@H](NCc1c(C)nn(-c2ccccc2)c1C)c1ccccc1. The zero-order valence-electron chi connectivity index (χ0n) is 19.8. The molecule has 1 aromatic heterocycles. The molecule has 0 spiro atoms. The van der Waals surface area contributed by atoms with Crippen LogP contribution >= 0.6 is 0 Å². The van der Waals surface area contributed by atoms with Crippen molar-refractivity contribution in [1.29, 1.82) is 0 Å². The number of hydrogen-bond acceptors (Lipinski definition) is 4. The molecule has 0 aliphatic heterocycles. The van der Waals surface area contributed by atoms with E-state index in [0.717, 1.165) is 28.2 Å². The summed E-state index contributed by atoms with van der Waals surface area (Å²) in [5.74, 6) is 0.505. The summed E-state index contributed by atoms with van der Waals surface area (Å²) < 4.78 is 7.63. The van der Waals surface area contributed by atoms with Crippen molar-refractivity contribution >= 4 is 11.6 Å². The molecule has 2 N–H and O–H groups in total. The number of carbonyl (C=O) groups is 1. The number of hydrogen-bond donors (Lipinski definition) is 2. The Kier molecular flexibility index (Phi) is 7.40. The quantitative estimate of drug-likeness (QED) is 0.357. The average molecular weight is 455 g/mol. The molecule has 34 heavy (non-hydrogen) atoms. The molecule has 3 aromatic carbocycles. The van der Waals surface area contributed by atoms with E-state index in [0.29, 0.717) is 24.6 Å². The van der Waals surface area contributed by atoms with Crippen LogP contribution in [0.5, 0.6) is 5.75 Å². The Morgan fingerprint density at radius 3 is 2.29 bits per heavy atom. The standard InChI is InChI=1S/C28H30N4O2/c1-4-34-26-18-12-11-17-25(26)30-28(33)27(22-13-7-5-8-14-22)29-19-24-20(2)31-32(21(24)3)23-15-9-6-10-16-23/h5-18,27,29H,4,19H2,1-3H3,(H,30,33)/t27-/m0/s1. The first-order valence-corrected chi connectivity index (χ1v) is 11.5. The van der Waals surface area contributed by atoms with Gasteiger partial charge in [-0.3, -0.25) is 10.1 Å². The van der Waals surface area contributed by atoms with Crippen LogP contribution in [-0.4, -0.2) is 22.3 Å². The summed E-state index contributed by atoms with van der Waals surface area (Å²) in [5.41, 5.74) is 5.61. The van der Waals surface area contributed by atoms with Crippen LogP contribution in [0.2, 0.25) is 0 Å². The number of amides is 1. The van der Waals surface area contributed by atoms with Gasteiger partial charge in [-0.1, -0.05) is 60.7 Å². The van der Waals surface area contributed by atoms with Crippen LogP contribution in [0.25, 0.3) is 5.69 Å². The van der Waals surface area contributed by atoms with Crippen LogP contribution in [0.3, 0.4) is 0 Å². The van der Waals surface area contributed by atoms with Crippen molar-refractivity contribution in [3.8, 4) is 11.4 Å². The number of nitrogens with one attached hydrogen (secondary N) is 2. The molecule has 0 aliphatic carbocycles. The maximum Gasteiger partial charge on any atom is 0.246 e. The van der Waals surface area contributed by atoms with Gasteiger partial charge in [-0.15, -0.1) is 0 Å². The molecule has 4 aromatic rings. The first-order chi connectivity index (χ1) is 16.6. The topological polar surface area (TPSA) is 68.2 Å². The molecule has 0 unspecified atom stereocenters. The molecular formula is C28H30N4O2. The largest absolute Gasteiger partial charge is 0.492 e. The number of anilines is 1. The summed E-state index contributed by atoms with van der Waals surface area (Å²) in [6, 6.07) is 26.7. The molecule has 1 atom stereocenters. The second kappa shape index (κ2) is 10.8. The van der Waals surface area contributed by atoms with Crippen molar-refractivity contribution in [3.63, 3.8) is 0 Å². The highest BCUT2D eigenvalue weighted by atomic mass is 16.5. The van der Waals surface area contributed by atoms with E-state index in [1.54, 1.807) is 0 Å². The minimum atomic E-state index is -0.547. The van der Waals surface area contributed by atoms with Gasteiger partial charge in [0.25, 0.3) is 0 Å². The maximum atomic E-state index is 13.4. The molecule has 0 fully saturated rings. The second-order valence-electron chi connectivity index (χ2n) is 8.04. The summed E-state index contributed by atoms with van der Waals surface area (Å²) in [5, 5.41) is 11.2. The van der Waals surface area contributed by atoms with Gasteiger partial charge in [0.2, 0.25) is 5.91 Å². The Labute approximate surface area is 200 Å². The van der Waals surface area contributed by atoms with Gasteiger partial charge in [0.05, 0.1) is 23.7 Å². The van der Waals surface area contributed by atoms with Crippen LogP contribution in [0.15, 0.2) is 84.9 Å². The zero-order chi connectivity index (χ0) is 23.9. The second-order valence-corrected chi connectivity index (χ2v) is 8.04. The molecule has 4 rings (SSSR count).